The fourth-order valence-electron chi connectivity index (χ4n) is 4.01. The summed E-state index contributed by atoms with van der Waals surface area (Å²) in [6.45, 7) is 7.11. The average Bonchev–Trinajstić information content (AvgIpc) is 2.82. The number of carbonyl (C=O) groups excluding carboxylic acids is 1. The Morgan fingerprint density at radius 2 is 1.75 bits per heavy atom. The monoisotopic (exact) mass is 455 g/mol. The van der Waals surface area contributed by atoms with E-state index in [4.69, 9.17) is 0 Å². The van der Waals surface area contributed by atoms with Gasteiger partial charge in [0.15, 0.2) is 0 Å². The number of anilines is 1. The molecular weight excluding hydrogens is 422 g/mol. The molecule has 2 aromatic rings. The summed E-state index contributed by atoms with van der Waals surface area (Å²) in [5.74, 6) is -0.129. The van der Waals surface area contributed by atoms with Crippen LogP contribution >= 0.6 is 0 Å². The molecule has 0 aromatic heterocycles. The van der Waals surface area contributed by atoms with Gasteiger partial charge in [-0.05, 0) is 50.0 Å². The fourth-order valence-corrected chi connectivity index (χ4v) is 5.23. The van der Waals surface area contributed by atoms with Crippen molar-refractivity contribution in [1.82, 2.24) is 9.62 Å². The topological polar surface area (TPSA) is 69.7 Å². The summed E-state index contributed by atoms with van der Waals surface area (Å²) in [6, 6.07) is 17.6. The van der Waals surface area contributed by atoms with Crippen molar-refractivity contribution in [2.24, 2.45) is 5.92 Å². The molecule has 1 N–H and O–H groups in total. The molecule has 0 radical (unpaired) electrons. The van der Waals surface area contributed by atoms with Gasteiger partial charge in [0.2, 0.25) is 15.9 Å². The molecule has 0 saturated carbocycles. The minimum Gasteiger partial charge on any atom is -0.370 e. The highest BCUT2D eigenvalue weighted by atomic mass is 32.2. The van der Waals surface area contributed by atoms with Crippen molar-refractivity contribution in [1.29, 1.82) is 0 Å². The number of rotatable bonds is 9. The molecule has 0 bridgehead atoms. The normalized spacial score (nSPS) is 15.7. The van der Waals surface area contributed by atoms with E-state index in [1.165, 1.54) is 21.0 Å². The molecule has 1 aliphatic heterocycles. The van der Waals surface area contributed by atoms with E-state index < -0.39 is 10.0 Å². The van der Waals surface area contributed by atoms with Crippen LogP contribution in [-0.2, 0) is 14.8 Å². The number of benzene rings is 2. The number of amides is 1. The van der Waals surface area contributed by atoms with Crippen LogP contribution in [0.4, 0.5) is 5.69 Å². The SMILES string of the molecule is CCN(CCNC(=O)C1CCN(S(=O)(=O)/C=C/c2ccccc2)CC1)c1ccccc1C. The van der Waals surface area contributed by atoms with Crippen molar-refractivity contribution in [2.45, 2.75) is 26.7 Å². The van der Waals surface area contributed by atoms with E-state index in [0.29, 0.717) is 32.5 Å². The summed E-state index contributed by atoms with van der Waals surface area (Å²) in [5, 5.41) is 4.30. The third-order valence-corrected chi connectivity index (χ3v) is 7.50. The van der Waals surface area contributed by atoms with E-state index in [1.54, 1.807) is 6.08 Å². The minimum absolute atomic E-state index is 0.0164. The van der Waals surface area contributed by atoms with Crippen LogP contribution in [0.2, 0.25) is 0 Å². The Kier molecular flexibility index (Phi) is 8.47. The molecule has 3 rings (SSSR count). The lowest BCUT2D eigenvalue weighted by atomic mass is 9.97. The summed E-state index contributed by atoms with van der Waals surface area (Å²) in [5.41, 5.74) is 3.25. The number of sulfonamides is 1. The van der Waals surface area contributed by atoms with Crippen LogP contribution in [0.25, 0.3) is 6.08 Å². The zero-order valence-electron chi connectivity index (χ0n) is 18.9. The van der Waals surface area contributed by atoms with Gasteiger partial charge in [0.25, 0.3) is 0 Å². The number of para-hydroxylation sites is 1. The van der Waals surface area contributed by atoms with Crippen molar-refractivity contribution in [2.75, 3.05) is 37.6 Å². The molecule has 1 saturated heterocycles. The van der Waals surface area contributed by atoms with Crippen molar-refractivity contribution >= 4 is 27.7 Å². The lowest BCUT2D eigenvalue weighted by Crippen LogP contribution is -2.44. The third kappa shape index (κ3) is 6.43. The van der Waals surface area contributed by atoms with Crippen LogP contribution in [0.3, 0.4) is 0 Å². The summed E-state index contributed by atoms with van der Waals surface area (Å²) in [4.78, 5) is 14.9. The Morgan fingerprint density at radius 1 is 1.09 bits per heavy atom. The maximum atomic E-state index is 12.6. The van der Waals surface area contributed by atoms with Crippen LogP contribution in [0.1, 0.15) is 30.9 Å². The standard InChI is InChI=1S/C25H33N3O3S/c1-3-27(24-12-8-7-9-21(24)2)19-16-26-25(29)23-13-17-28(18-14-23)32(30,31)20-15-22-10-5-4-6-11-22/h4-12,15,20,23H,3,13-14,16-19H2,1-2H3,(H,26,29)/b20-15+. The molecule has 7 heteroatoms. The molecule has 32 heavy (non-hydrogen) atoms. The molecular formula is C25H33N3O3S. The lowest BCUT2D eigenvalue weighted by molar-refractivity contribution is -0.126. The third-order valence-electron chi connectivity index (χ3n) is 5.94. The highest BCUT2D eigenvalue weighted by Crippen LogP contribution is 2.21. The zero-order chi connectivity index (χ0) is 23.0. The van der Waals surface area contributed by atoms with Crippen LogP contribution in [0.5, 0.6) is 0 Å². The molecule has 1 amide bonds. The Hall–Kier alpha value is -2.64. The lowest BCUT2D eigenvalue weighted by Gasteiger charge is -2.30. The molecule has 0 aliphatic carbocycles. The van der Waals surface area contributed by atoms with E-state index in [-0.39, 0.29) is 11.8 Å². The average molecular weight is 456 g/mol. The number of hydrogen-bond donors (Lipinski definition) is 1. The first-order valence-electron chi connectivity index (χ1n) is 11.2. The second kappa shape index (κ2) is 11.3. The number of carbonyl (C=O) groups is 1. The maximum Gasteiger partial charge on any atom is 0.236 e. The number of nitrogens with one attached hydrogen (secondary N) is 1. The van der Waals surface area contributed by atoms with Crippen molar-refractivity contribution in [3.8, 4) is 0 Å². The molecule has 0 atom stereocenters. The number of likely N-dealkylation sites (N-methyl/N-ethyl adjacent to an activating group) is 1. The van der Waals surface area contributed by atoms with Crippen molar-refractivity contribution in [3.05, 3.63) is 71.1 Å². The smallest absolute Gasteiger partial charge is 0.236 e. The Labute approximate surface area is 192 Å². The second-order valence-corrected chi connectivity index (χ2v) is 9.91. The quantitative estimate of drug-likeness (QED) is 0.627. The van der Waals surface area contributed by atoms with Crippen LogP contribution in [-0.4, -0.2) is 51.4 Å². The van der Waals surface area contributed by atoms with Gasteiger partial charge in [-0.25, -0.2) is 8.42 Å². The van der Waals surface area contributed by atoms with Gasteiger partial charge >= 0.3 is 0 Å². The molecule has 0 unspecified atom stereocenters. The van der Waals surface area contributed by atoms with Gasteiger partial charge in [-0.2, -0.15) is 4.31 Å². The predicted octanol–water partition coefficient (Wildman–Crippen LogP) is 3.65. The van der Waals surface area contributed by atoms with Gasteiger partial charge in [0.1, 0.15) is 0 Å². The highest BCUT2D eigenvalue weighted by Gasteiger charge is 2.29. The summed E-state index contributed by atoms with van der Waals surface area (Å²) in [6.07, 6.45) is 2.70. The summed E-state index contributed by atoms with van der Waals surface area (Å²) >= 11 is 0. The first-order valence-corrected chi connectivity index (χ1v) is 12.7. The predicted molar refractivity (Wildman–Crippen MR) is 131 cm³/mol. The molecule has 1 heterocycles. The zero-order valence-corrected chi connectivity index (χ0v) is 19.7. The minimum atomic E-state index is -3.48. The number of hydrogen-bond acceptors (Lipinski definition) is 4. The molecule has 172 valence electrons. The fraction of sp³-hybridized carbons (Fsp3) is 0.400. The van der Waals surface area contributed by atoms with Crippen molar-refractivity contribution in [3.63, 3.8) is 0 Å². The number of nitrogens with zero attached hydrogens (tertiary/aromatic N) is 2. The Bertz CT molecular complexity index is 1010. The number of piperidine rings is 1. The maximum absolute atomic E-state index is 12.6. The largest absolute Gasteiger partial charge is 0.370 e. The van der Waals surface area contributed by atoms with Crippen molar-refractivity contribution < 1.29 is 13.2 Å². The molecule has 1 fully saturated rings. The number of aryl methyl sites for hydroxylation is 1. The molecule has 1 aliphatic rings. The summed E-state index contributed by atoms with van der Waals surface area (Å²) < 4.78 is 26.7. The van der Waals surface area contributed by atoms with Gasteiger partial charge in [0, 0.05) is 49.7 Å². The highest BCUT2D eigenvalue weighted by molar-refractivity contribution is 7.92. The molecule has 0 spiro atoms. The first-order chi connectivity index (χ1) is 15.4. The van der Waals surface area contributed by atoms with Gasteiger partial charge in [-0.15, -0.1) is 0 Å². The Balaban J connectivity index is 1.46. The molecule has 6 nitrogen and oxygen atoms in total. The Morgan fingerprint density at radius 3 is 2.41 bits per heavy atom. The van der Waals surface area contributed by atoms with Gasteiger partial charge in [0.05, 0.1) is 0 Å². The van der Waals surface area contributed by atoms with Crippen LogP contribution < -0.4 is 10.2 Å². The van der Waals surface area contributed by atoms with E-state index in [0.717, 1.165) is 18.7 Å². The van der Waals surface area contributed by atoms with Gasteiger partial charge in [-0.3, -0.25) is 4.79 Å². The van der Waals surface area contributed by atoms with E-state index >= 15 is 0 Å². The first kappa shape index (κ1) is 24.0. The van der Waals surface area contributed by atoms with Gasteiger partial charge in [-0.1, -0.05) is 48.5 Å². The second-order valence-electron chi connectivity index (χ2n) is 8.09. The van der Waals surface area contributed by atoms with Crippen LogP contribution in [0.15, 0.2) is 60.0 Å². The van der Waals surface area contributed by atoms with E-state index in [1.807, 2.05) is 42.5 Å². The van der Waals surface area contributed by atoms with E-state index in [2.05, 4.69) is 36.2 Å². The van der Waals surface area contributed by atoms with Gasteiger partial charge < -0.3 is 10.2 Å². The molecule has 2 aromatic carbocycles. The van der Waals surface area contributed by atoms with E-state index in [9.17, 15) is 13.2 Å². The van der Waals surface area contributed by atoms with Crippen LogP contribution in [0, 0.1) is 12.8 Å². The summed E-state index contributed by atoms with van der Waals surface area (Å²) in [7, 11) is -3.48.